The first-order chi connectivity index (χ1) is 17.3. The predicted molar refractivity (Wildman–Crippen MR) is 129 cm³/mol. The normalized spacial score (nSPS) is 18.8. The van der Waals surface area contributed by atoms with Crippen molar-refractivity contribution in [3.63, 3.8) is 0 Å². The van der Waals surface area contributed by atoms with Crippen molar-refractivity contribution in [1.82, 2.24) is 10.2 Å². The van der Waals surface area contributed by atoms with Crippen LogP contribution in [0.25, 0.3) is 0 Å². The van der Waals surface area contributed by atoms with Crippen molar-refractivity contribution in [3.05, 3.63) is 68.7 Å². The molecule has 1 heterocycles. The topological polar surface area (TPSA) is 58.6 Å². The number of ether oxygens (including phenoxy) is 1. The Morgan fingerprint density at radius 1 is 0.921 bits per heavy atom. The van der Waals surface area contributed by atoms with E-state index >= 15 is 0 Å². The first-order valence-electron chi connectivity index (χ1n) is 11.4. The van der Waals surface area contributed by atoms with Gasteiger partial charge in [0.05, 0.1) is 21.2 Å². The number of likely N-dealkylation sites (tertiary alicyclic amines) is 1. The number of carbonyl (C=O) groups is 2. The van der Waals surface area contributed by atoms with Gasteiger partial charge in [-0.05, 0) is 63.1 Å². The van der Waals surface area contributed by atoms with E-state index in [9.17, 15) is 35.9 Å². The molecule has 13 heteroatoms. The van der Waals surface area contributed by atoms with Crippen LogP contribution < -0.4 is 5.32 Å². The lowest BCUT2D eigenvalue weighted by molar-refractivity contribution is -0.143. The number of amides is 2. The van der Waals surface area contributed by atoms with Crippen LogP contribution in [0.15, 0.2) is 36.4 Å². The van der Waals surface area contributed by atoms with Crippen LogP contribution >= 0.6 is 23.2 Å². The summed E-state index contributed by atoms with van der Waals surface area (Å²) < 4.78 is 85.1. The van der Waals surface area contributed by atoms with E-state index in [1.807, 2.05) is 0 Å². The maximum absolute atomic E-state index is 13.3. The fraction of sp³-hybridized carbons (Fsp3) is 0.440. The molecule has 1 saturated heterocycles. The van der Waals surface area contributed by atoms with Crippen LogP contribution in [0.2, 0.25) is 10.0 Å². The van der Waals surface area contributed by atoms with Gasteiger partial charge in [-0.2, -0.15) is 26.3 Å². The second-order valence-corrected chi connectivity index (χ2v) is 10.7. The molecule has 1 fully saturated rings. The summed E-state index contributed by atoms with van der Waals surface area (Å²) in [6.45, 7) is 5.23. The molecule has 0 aliphatic carbocycles. The van der Waals surface area contributed by atoms with Crippen molar-refractivity contribution >= 4 is 35.2 Å². The molecule has 1 aliphatic rings. The van der Waals surface area contributed by atoms with Gasteiger partial charge < -0.3 is 15.0 Å². The van der Waals surface area contributed by atoms with Gasteiger partial charge in [-0.3, -0.25) is 4.79 Å². The van der Waals surface area contributed by atoms with Gasteiger partial charge in [0.2, 0.25) is 0 Å². The number of carbonyl (C=O) groups excluding carboxylic acids is 2. The Kier molecular flexibility index (Phi) is 8.53. The van der Waals surface area contributed by atoms with Gasteiger partial charge in [-0.1, -0.05) is 29.3 Å². The molecule has 0 radical (unpaired) electrons. The van der Waals surface area contributed by atoms with E-state index in [0.717, 1.165) is 0 Å². The average molecular weight is 585 g/mol. The summed E-state index contributed by atoms with van der Waals surface area (Å²) in [4.78, 5) is 27.1. The maximum atomic E-state index is 13.3. The molecule has 5 nitrogen and oxygen atoms in total. The molecule has 208 valence electrons. The number of benzene rings is 2. The molecule has 2 unspecified atom stereocenters. The Morgan fingerprint density at radius 2 is 1.50 bits per heavy atom. The predicted octanol–water partition coefficient (Wildman–Crippen LogP) is 7.55. The summed E-state index contributed by atoms with van der Waals surface area (Å²) in [5.74, 6) is -1.75. The van der Waals surface area contributed by atoms with Gasteiger partial charge in [0.25, 0.3) is 5.91 Å². The summed E-state index contributed by atoms with van der Waals surface area (Å²) in [5.41, 5.74) is -4.22. The van der Waals surface area contributed by atoms with Crippen molar-refractivity contribution in [3.8, 4) is 0 Å². The number of rotatable bonds is 3. The Hall–Kier alpha value is -2.66. The van der Waals surface area contributed by atoms with Crippen LogP contribution in [0.4, 0.5) is 31.1 Å². The number of piperidine rings is 1. The van der Waals surface area contributed by atoms with Crippen LogP contribution in [0.3, 0.4) is 0 Å². The van der Waals surface area contributed by atoms with Crippen molar-refractivity contribution in [1.29, 1.82) is 0 Å². The molecule has 0 saturated carbocycles. The van der Waals surface area contributed by atoms with Gasteiger partial charge in [0, 0.05) is 30.6 Å². The summed E-state index contributed by atoms with van der Waals surface area (Å²) in [6.07, 6.45) is -10.7. The fourth-order valence-corrected chi connectivity index (χ4v) is 4.34. The monoisotopic (exact) mass is 584 g/mol. The highest BCUT2D eigenvalue weighted by atomic mass is 35.5. The number of alkyl halides is 6. The van der Waals surface area contributed by atoms with E-state index in [0.29, 0.717) is 17.7 Å². The van der Waals surface area contributed by atoms with Crippen LogP contribution in [0.5, 0.6) is 0 Å². The average Bonchev–Trinajstić information content (AvgIpc) is 2.78. The quantitative estimate of drug-likeness (QED) is 0.379. The number of halogens is 8. The van der Waals surface area contributed by atoms with Crippen LogP contribution in [0, 0.1) is 0 Å². The molecule has 0 bridgehead atoms. The van der Waals surface area contributed by atoms with E-state index in [4.69, 9.17) is 27.9 Å². The SMILES string of the molecule is CC(C)(C)OC(=O)N1CCC(NC(=O)c2cc(C(F)(F)F)cc(C(F)(F)F)c2)C(c2ccc(Cl)c(Cl)c2)C1. The second-order valence-electron chi connectivity index (χ2n) is 9.87. The minimum absolute atomic E-state index is 0.0359. The van der Waals surface area contributed by atoms with Crippen LogP contribution in [-0.4, -0.2) is 41.6 Å². The van der Waals surface area contributed by atoms with Gasteiger partial charge in [0.1, 0.15) is 5.60 Å². The van der Waals surface area contributed by atoms with E-state index in [2.05, 4.69) is 5.32 Å². The van der Waals surface area contributed by atoms with Gasteiger partial charge >= 0.3 is 18.4 Å². The zero-order valence-electron chi connectivity index (χ0n) is 20.4. The van der Waals surface area contributed by atoms with Crippen molar-refractivity contribution < 1.29 is 40.7 Å². The van der Waals surface area contributed by atoms with Crippen molar-refractivity contribution in [2.75, 3.05) is 13.1 Å². The second kappa shape index (κ2) is 10.8. The first-order valence-corrected chi connectivity index (χ1v) is 12.1. The lowest BCUT2D eigenvalue weighted by Crippen LogP contribution is -2.52. The Morgan fingerprint density at radius 3 is 2.00 bits per heavy atom. The van der Waals surface area contributed by atoms with E-state index in [1.165, 1.54) is 17.0 Å². The molecule has 2 aromatic rings. The molecule has 0 spiro atoms. The lowest BCUT2D eigenvalue weighted by atomic mass is 9.85. The molecule has 2 atom stereocenters. The van der Waals surface area contributed by atoms with Gasteiger partial charge in [0.15, 0.2) is 0 Å². The van der Waals surface area contributed by atoms with Crippen molar-refractivity contribution in [2.24, 2.45) is 0 Å². The van der Waals surface area contributed by atoms with E-state index in [1.54, 1.807) is 26.8 Å². The zero-order valence-corrected chi connectivity index (χ0v) is 21.9. The third-order valence-electron chi connectivity index (χ3n) is 5.80. The fourth-order valence-electron chi connectivity index (χ4n) is 4.04. The van der Waals surface area contributed by atoms with E-state index in [-0.39, 0.29) is 35.6 Å². The number of nitrogens with one attached hydrogen (secondary N) is 1. The smallest absolute Gasteiger partial charge is 0.416 e. The lowest BCUT2D eigenvalue weighted by Gasteiger charge is -2.39. The Labute approximate surface area is 225 Å². The maximum Gasteiger partial charge on any atom is 0.416 e. The van der Waals surface area contributed by atoms with Crippen LogP contribution in [0.1, 0.15) is 60.2 Å². The molecule has 2 aromatic carbocycles. The number of nitrogens with zero attached hydrogens (tertiary/aromatic N) is 1. The molecular weight excluding hydrogens is 561 g/mol. The highest BCUT2D eigenvalue weighted by molar-refractivity contribution is 6.42. The summed E-state index contributed by atoms with van der Waals surface area (Å²) in [5, 5.41) is 2.99. The third-order valence-corrected chi connectivity index (χ3v) is 6.54. The standard InChI is InChI=1S/C25H24Cl2F6N2O3/c1-23(2,3)38-22(37)35-7-6-20(17(12-35)13-4-5-18(26)19(27)10-13)34-21(36)14-8-15(24(28,29)30)11-16(9-14)25(31,32)33/h4-5,8-11,17,20H,6-7,12H2,1-3H3,(H,34,36). The molecule has 38 heavy (non-hydrogen) atoms. The highest BCUT2D eigenvalue weighted by Crippen LogP contribution is 2.37. The summed E-state index contributed by atoms with van der Waals surface area (Å²) in [7, 11) is 0. The molecule has 1 N–H and O–H groups in total. The zero-order chi connectivity index (χ0) is 28.6. The number of hydrogen-bond acceptors (Lipinski definition) is 3. The highest BCUT2D eigenvalue weighted by Gasteiger charge is 2.39. The first kappa shape index (κ1) is 29.9. The number of hydrogen-bond donors (Lipinski definition) is 1. The molecule has 0 aromatic heterocycles. The molecule has 1 aliphatic heterocycles. The largest absolute Gasteiger partial charge is 0.444 e. The molecule has 3 rings (SSSR count). The third kappa shape index (κ3) is 7.47. The van der Waals surface area contributed by atoms with Gasteiger partial charge in [-0.15, -0.1) is 0 Å². The minimum Gasteiger partial charge on any atom is -0.444 e. The Bertz CT molecular complexity index is 1180. The summed E-state index contributed by atoms with van der Waals surface area (Å²) in [6, 6.07) is 4.58. The summed E-state index contributed by atoms with van der Waals surface area (Å²) >= 11 is 12.2. The Balaban J connectivity index is 1.94. The molecule has 2 amide bonds. The van der Waals surface area contributed by atoms with E-state index < -0.39 is 58.6 Å². The van der Waals surface area contributed by atoms with Crippen LogP contribution in [-0.2, 0) is 17.1 Å². The van der Waals surface area contributed by atoms with Crippen molar-refractivity contribution in [2.45, 2.75) is 57.1 Å². The van der Waals surface area contributed by atoms with Gasteiger partial charge in [-0.25, -0.2) is 4.79 Å². The minimum atomic E-state index is -5.10. The molecular formula is C25H24Cl2F6N2O3.